The summed E-state index contributed by atoms with van der Waals surface area (Å²) >= 11 is 0. The maximum absolute atomic E-state index is 3.86. The van der Waals surface area contributed by atoms with Crippen LogP contribution in [0.4, 0.5) is 34.1 Å². The van der Waals surface area contributed by atoms with Gasteiger partial charge < -0.3 is 9.80 Å². The second-order valence-corrected chi connectivity index (χ2v) is 18.4. The quantitative estimate of drug-likeness (QED) is 0.128. The van der Waals surface area contributed by atoms with E-state index in [0.717, 1.165) is 5.69 Å². The molecule has 4 heteroatoms. The van der Waals surface area contributed by atoms with Crippen LogP contribution in [0.15, 0.2) is 195 Å². The molecule has 7 aromatic carbocycles. The van der Waals surface area contributed by atoms with Crippen molar-refractivity contribution in [2.45, 2.75) is 13.8 Å². The van der Waals surface area contributed by atoms with Crippen LogP contribution in [-0.2, 0) is 0 Å². The molecule has 0 unspecified atom stereocenters. The highest BCUT2D eigenvalue weighted by molar-refractivity contribution is 7.22. The number of anilines is 6. The van der Waals surface area contributed by atoms with Gasteiger partial charge in [0.05, 0.1) is 0 Å². The molecule has 0 amide bonds. The van der Waals surface area contributed by atoms with E-state index in [9.17, 15) is 0 Å². The topological polar surface area (TPSA) is 6.48 Å². The summed E-state index contributed by atoms with van der Waals surface area (Å²) in [5, 5.41) is 5.68. The molecule has 0 radical (unpaired) electrons. The first-order chi connectivity index (χ1) is 26.6. The first-order valence-corrected chi connectivity index (χ1v) is 20.9. The fourth-order valence-corrected chi connectivity index (χ4v) is 14.6. The molecule has 3 aliphatic rings. The van der Waals surface area contributed by atoms with E-state index in [1.165, 1.54) is 82.3 Å². The van der Waals surface area contributed by atoms with Gasteiger partial charge in [0.2, 0.25) is 0 Å². The van der Waals surface area contributed by atoms with Gasteiger partial charge in [-0.3, -0.25) is 0 Å². The molecule has 0 atom stereocenters. The number of rotatable bonds is 6. The third-order valence-corrected chi connectivity index (χ3v) is 16.5. The molecule has 2 nitrogen and oxygen atoms in total. The average Bonchev–Trinajstić information content (AvgIpc) is 3.22. The van der Waals surface area contributed by atoms with Crippen LogP contribution in [0.3, 0.4) is 0 Å². The number of fused-ring (bicyclic) bond motifs is 6. The lowest BCUT2D eigenvalue weighted by molar-refractivity contribution is 1.24. The van der Waals surface area contributed by atoms with Crippen molar-refractivity contribution in [3.63, 3.8) is 0 Å². The second-order valence-electron chi connectivity index (χ2n) is 14.6. The van der Waals surface area contributed by atoms with Gasteiger partial charge in [-0.15, -0.1) is 0 Å². The Balaban J connectivity index is 1.33. The van der Waals surface area contributed by atoms with Gasteiger partial charge in [0.15, 0.2) is 8.07 Å². The van der Waals surface area contributed by atoms with Gasteiger partial charge in [0, 0.05) is 34.1 Å². The molecule has 7 aromatic rings. The smallest absolute Gasteiger partial charge is 0.252 e. The number of benzene rings is 7. The van der Waals surface area contributed by atoms with E-state index >= 15 is 0 Å². The van der Waals surface area contributed by atoms with Crippen LogP contribution in [0, 0.1) is 6.92 Å². The molecular weight excluding hydrogens is 667 g/mol. The summed E-state index contributed by atoms with van der Waals surface area (Å²) in [4.78, 5) is 5.13. The fraction of sp³-hybridized carbons (Fsp3) is 0.0400. The Morgan fingerprint density at radius 1 is 0.574 bits per heavy atom. The molecule has 10 rings (SSSR count). The normalized spacial score (nSPS) is 14.6. The molecule has 0 fully saturated rings. The van der Waals surface area contributed by atoms with Crippen LogP contribution < -0.4 is 46.9 Å². The van der Waals surface area contributed by atoms with Crippen LogP contribution in [0.5, 0.6) is 0 Å². The van der Waals surface area contributed by atoms with Gasteiger partial charge >= 0.3 is 0 Å². The van der Waals surface area contributed by atoms with Crippen LogP contribution in [0.25, 0.3) is 5.57 Å². The van der Waals surface area contributed by atoms with Gasteiger partial charge in [0.25, 0.3) is 6.71 Å². The monoisotopic (exact) mass is 706 g/mol. The molecule has 3 aliphatic heterocycles. The van der Waals surface area contributed by atoms with Gasteiger partial charge in [-0.05, 0) is 104 Å². The standard InChI is InChI=1S/C50H39BN2Si/c1-4-5-9-19-36(3)37-30-31-41-44(34-37)52(38-20-10-6-11-21-38)45-32-35(2)33-46-49(45)51(41)42-26-18-29-48-50(42)53(46)43-27-16-17-28-47(43)54(48,39-22-12-7-13-23-39)40-24-14-8-15-25-40/h4-34H,1H2,2-3H3/b9-5-,36-19+. The highest BCUT2D eigenvalue weighted by atomic mass is 28.3. The van der Waals surface area contributed by atoms with E-state index in [1.54, 1.807) is 0 Å². The summed E-state index contributed by atoms with van der Waals surface area (Å²) in [6.45, 7) is 8.37. The Kier molecular flexibility index (Phi) is 7.57. The van der Waals surface area contributed by atoms with Crippen molar-refractivity contribution in [2.75, 3.05) is 9.80 Å². The highest BCUT2D eigenvalue weighted by Gasteiger charge is 2.53. The first kappa shape index (κ1) is 32.3. The summed E-state index contributed by atoms with van der Waals surface area (Å²) in [5.74, 6) is 0. The maximum atomic E-state index is 3.86. The molecule has 0 spiro atoms. The molecular formula is C50H39BN2Si. The number of hydrogen-bond donors (Lipinski definition) is 0. The lowest BCUT2D eigenvalue weighted by Gasteiger charge is -2.50. The summed E-state index contributed by atoms with van der Waals surface area (Å²) in [6.07, 6.45) is 8.05. The lowest BCUT2D eigenvalue weighted by atomic mass is 9.33. The Morgan fingerprint density at radius 3 is 1.91 bits per heavy atom. The van der Waals surface area contributed by atoms with E-state index in [4.69, 9.17) is 0 Å². The van der Waals surface area contributed by atoms with Crippen LogP contribution in [0.2, 0.25) is 0 Å². The molecule has 0 N–H and O–H groups in total. The summed E-state index contributed by atoms with van der Waals surface area (Å²) < 4.78 is 0. The predicted octanol–water partition coefficient (Wildman–Crippen LogP) is 7.91. The van der Waals surface area contributed by atoms with E-state index in [1.807, 2.05) is 12.2 Å². The summed E-state index contributed by atoms with van der Waals surface area (Å²) in [6, 6.07) is 62.0. The second kappa shape index (κ2) is 12.6. The summed E-state index contributed by atoms with van der Waals surface area (Å²) in [7, 11) is -2.78. The molecule has 54 heavy (non-hydrogen) atoms. The van der Waals surface area contributed by atoms with Crippen LogP contribution in [-0.4, -0.2) is 14.8 Å². The number of hydrogen-bond acceptors (Lipinski definition) is 2. The number of aryl methyl sites for hydroxylation is 1. The Labute approximate surface area is 319 Å². The van der Waals surface area contributed by atoms with E-state index in [-0.39, 0.29) is 6.71 Å². The van der Waals surface area contributed by atoms with Gasteiger partial charge in [0.1, 0.15) is 0 Å². The van der Waals surface area contributed by atoms with Crippen molar-refractivity contribution >= 4 is 91.6 Å². The minimum Gasteiger partial charge on any atom is -0.312 e. The molecule has 3 heterocycles. The van der Waals surface area contributed by atoms with Crippen molar-refractivity contribution in [1.82, 2.24) is 0 Å². The minimum absolute atomic E-state index is 0.0549. The zero-order chi connectivity index (χ0) is 36.4. The molecule has 0 saturated heterocycles. The van der Waals surface area contributed by atoms with Crippen molar-refractivity contribution in [1.29, 1.82) is 0 Å². The average molecular weight is 707 g/mol. The van der Waals surface area contributed by atoms with Crippen LogP contribution >= 0.6 is 0 Å². The van der Waals surface area contributed by atoms with Crippen molar-refractivity contribution in [3.05, 3.63) is 206 Å². The van der Waals surface area contributed by atoms with E-state index in [0.29, 0.717) is 0 Å². The SMILES string of the molecule is C=C/C=C\C=C(/C)c1ccc2c(c1)N(c1ccccc1)c1cc(C)cc3c1B2c1cccc2c1N3c1ccccc1[Si]2(c1ccccc1)c1ccccc1. The Morgan fingerprint density at radius 2 is 1.20 bits per heavy atom. The van der Waals surface area contributed by atoms with Crippen LogP contribution in [0.1, 0.15) is 18.1 Å². The van der Waals surface area contributed by atoms with E-state index < -0.39 is 8.07 Å². The molecule has 256 valence electrons. The third-order valence-electron chi connectivity index (χ3n) is 11.7. The first-order valence-electron chi connectivity index (χ1n) is 18.9. The fourth-order valence-electron chi connectivity index (χ4n) is 9.50. The highest BCUT2D eigenvalue weighted by Crippen LogP contribution is 2.46. The lowest BCUT2D eigenvalue weighted by Crippen LogP contribution is -2.79. The summed E-state index contributed by atoms with van der Waals surface area (Å²) in [5.41, 5.74) is 15.2. The minimum atomic E-state index is -2.78. The van der Waals surface area contributed by atoms with Gasteiger partial charge in [-0.25, -0.2) is 0 Å². The van der Waals surface area contributed by atoms with E-state index in [2.05, 4.69) is 206 Å². The molecule has 0 aromatic heterocycles. The molecule has 0 aliphatic carbocycles. The number of para-hydroxylation sites is 3. The molecule has 0 saturated carbocycles. The van der Waals surface area contributed by atoms with Crippen molar-refractivity contribution < 1.29 is 0 Å². The zero-order valence-corrected chi connectivity index (χ0v) is 31.6. The van der Waals surface area contributed by atoms with Gasteiger partial charge in [-0.2, -0.15) is 0 Å². The predicted molar refractivity (Wildman–Crippen MR) is 235 cm³/mol. The zero-order valence-electron chi connectivity index (χ0n) is 30.6. The Hall–Kier alpha value is -6.36. The maximum Gasteiger partial charge on any atom is 0.252 e. The van der Waals surface area contributed by atoms with Gasteiger partial charge in [-0.1, -0.05) is 158 Å². The van der Waals surface area contributed by atoms with Crippen molar-refractivity contribution in [3.8, 4) is 0 Å². The number of allylic oxidation sites excluding steroid dienone is 5. The Bertz CT molecular complexity index is 2620. The van der Waals surface area contributed by atoms with Crippen molar-refractivity contribution in [2.24, 2.45) is 0 Å². The third kappa shape index (κ3) is 4.60. The largest absolute Gasteiger partial charge is 0.312 e. The molecule has 0 bridgehead atoms. The number of nitrogens with zero attached hydrogens (tertiary/aromatic N) is 2.